The fourth-order valence-corrected chi connectivity index (χ4v) is 1.82. The van der Waals surface area contributed by atoms with Crippen molar-refractivity contribution in [3.05, 3.63) is 33.2 Å². The molecule has 0 aromatic carbocycles. The minimum atomic E-state index is -4.50. The van der Waals surface area contributed by atoms with Gasteiger partial charge in [0.25, 0.3) is 5.56 Å². The van der Waals surface area contributed by atoms with Crippen LogP contribution in [0.4, 0.5) is 18.9 Å². The van der Waals surface area contributed by atoms with E-state index >= 15 is 0 Å². The molecule has 0 spiro atoms. The molecule has 0 saturated carbocycles. The van der Waals surface area contributed by atoms with E-state index in [2.05, 4.69) is 32.9 Å². The van der Waals surface area contributed by atoms with Gasteiger partial charge in [-0.25, -0.2) is 4.68 Å². The second kappa shape index (κ2) is 7.60. The van der Waals surface area contributed by atoms with Crippen LogP contribution in [0, 0.1) is 0 Å². The van der Waals surface area contributed by atoms with Gasteiger partial charge in [0, 0.05) is 6.54 Å². The zero-order valence-corrected chi connectivity index (χ0v) is 12.9. The highest BCUT2D eigenvalue weighted by Gasteiger charge is 2.29. The van der Waals surface area contributed by atoms with Crippen molar-refractivity contribution < 1.29 is 17.9 Å². The number of aromatic nitrogens is 2. The van der Waals surface area contributed by atoms with E-state index in [1.165, 1.54) is 0 Å². The van der Waals surface area contributed by atoms with Gasteiger partial charge in [0.2, 0.25) is 0 Å². The molecule has 0 bridgehead atoms. The quantitative estimate of drug-likeness (QED) is 0.592. The first kappa shape index (κ1) is 17.7. The van der Waals surface area contributed by atoms with Crippen LogP contribution in [0.1, 0.15) is 6.92 Å². The van der Waals surface area contributed by atoms with Gasteiger partial charge in [-0.2, -0.15) is 18.3 Å². The van der Waals surface area contributed by atoms with E-state index in [0.717, 1.165) is 11.8 Å². The van der Waals surface area contributed by atoms with Gasteiger partial charge >= 0.3 is 6.18 Å². The molecule has 5 nitrogen and oxygen atoms in total. The molecule has 0 aliphatic rings. The van der Waals surface area contributed by atoms with Crippen LogP contribution in [0.2, 0.25) is 0 Å². The molecular formula is C12H15BrF3N3O2. The second-order valence-corrected chi connectivity index (χ2v) is 5.18. The SMILES string of the molecule is C=C(C)COCCNc1cnn(CC(F)(F)F)c(=O)c1Br. The summed E-state index contributed by atoms with van der Waals surface area (Å²) >= 11 is 2.97. The van der Waals surface area contributed by atoms with Crippen molar-refractivity contribution in [2.45, 2.75) is 19.6 Å². The minimum absolute atomic E-state index is 0.00153. The highest BCUT2D eigenvalue weighted by atomic mass is 79.9. The van der Waals surface area contributed by atoms with Gasteiger partial charge in [-0.15, -0.1) is 0 Å². The molecule has 118 valence electrons. The van der Waals surface area contributed by atoms with Crippen LogP contribution < -0.4 is 10.9 Å². The number of hydrogen-bond acceptors (Lipinski definition) is 4. The Balaban J connectivity index is 2.63. The zero-order valence-electron chi connectivity index (χ0n) is 11.3. The maximum atomic E-state index is 12.3. The molecule has 0 unspecified atom stereocenters. The van der Waals surface area contributed by atoms with Crippen LogP contribution in [-0.2, 0) is 11.3 Å². The van der Waals surface area contributed by atoms with E-state index in [9.17, 15) is 18.0 Å². The van der Waals surface area contributed by atoms with Crippen molar-refractivity contribution in [1.82, 2.24) is 9.78 Å². The molecule has 0 saturated heterocycles. The Morgan fingerprint density at radius 2 is 2.24 bits per heavy atom. The standard InChI is InChI=1S/C12H15BrF3N3O2/c1-8(2)6-21-4-3-17-9-5-18-19(7-12(14,15)16)11(20)10(9)13/h5,17H,1,3-4,6-7H2,2H3. The summed E-state index contributed by atoms with van der Waals surface area (Å²) in [5.74, 6) is 0. The average Bonchev–Trinajstić information content (AvgIpc) is 2.35. The molecule has 1 heterocycles. The highest BCUT2D eigenvalue weighted by Crippen LogP contribution is 2.19. The molecule has 9 heteroatoms. The highest BCUT2D eigenvalue weighted by molar-refractivity contribution is 9.10. The summed E-state index contributed by atoms with van der Waals surface area (Å²) in [5.41, 5.74) is 0.352. The Morgan fingerprint density at radius 1 is 1.57 bits per heavy atom. The number of ether oxygens (including phenoxy) is 1. The third kappa shape index (κ3) is 6.30. The lowest BCUT2D eigenvalue weighted by Gasteiger charge is -2.12. The molecule has 0 radical (unpaired) electrons. The summed E-state index contributed by atoms with van der Waals surface area (Å²) in [7, 11) is 0. The van der Waals surface area contributed by atoms with Crippen LogP contribution in [-0.4, -0.2) is 35.7 Å². The second-order valence-electron chi connectivity index (χ2n) is 4.39. The van der Waals surface area contributed by atoms with E-state index < -0.39 is 18.3 Å². The van der Waals surface area contributed by atoms with Crippen LogP contribution in [0.5, 0.6) is 0 Å². The van der Waals surface area contributed by atoms with Gasteiger partial charge in [0.05, 0.1) is 25.1 Å². The number of rotatable bonds is 7. The van der Waals surface area contributed by atoms with Gasteiger partial charge in [-0.3, -0.25) is 4.79 Å². The number of nitrogens with one attached hydrogen (secondary N) is 1. The normalized spacial score (nSPS) is 11.5. The van der Waals surface area contributed by atoms with Crippen molar-refractivity contribution in [2.75, 3.05) is 25.1 Å². The number of alkyl halides is 3. The maximum Gasteiger partial charge on any atom is 0.408 e. The Hall–Kier alpha value is -1.35. The summed E-state index contributed by atoms with van der Waals surface area (Å²) in [4.78, 5) is 11.7. The fourth-order valence-electron chi connectivity index (χ4n) is 1.38. The van der Waals surface area contributed by atoms with Crippen molar-refractivity contribution >= 4 is 21.6 Å². The molecule has 1 N–H and O–H groups in total. The number of hydrogen-bond donors (Lipinski definition) is 1. The molecule has 0 amide bonds. The lowest BCUT2D eigenvalue weighted by molar-refractivity contribution is -0.143. The van der Waals surface area contributed by atoms with Gasteiger partial charge in [-0.1, -0.05) is 12.2 Å². The predicted octanol–water partition coefficient (Wildman–Crippen LogP) is 2.57. The lowest BCUT2D eigenvalue weighted by Crippen LogP contribution is -2.31. The Bertz CT molecular complexity index is 558. The first-order chi connectivity index (χ1) is 9.70. The Morgan fingerprint density at radius 3 is 2.81 bits per heavy atom. The topological polar surface area (TPSA) is 56.1 Å². The largest absolute Gasteiger partial charge is 0.408 e. The number of anilines is 1. The van der Waals surface area contributed by atoms with E-state index in [0.29, 0.717) is 30.1 Å². The van der Waals surface area contributed by atoms with Crippen molar-refractivity contribution in [1.29, 1.82) is 0 Å². The minimum Gasteiger partial charge on any atom is -0.380 e. The van der Waals surface area contributed by atoms with Crippen LogP contribution in [0.25, 0.3) is 0 Å². The van der Waals surface area contributed by atoms with Crippen LogP contribution in [0.15, 0.2) is 27.6 Å². The Labute approximate surface area is 127 Å². The van der Waals surface area contributed by atoms with Crippen molar-refractivity contribution in [3.8, 4) is 0 Å². The molecule has 21 heavy (non-hydrogen) atoms. The van der Waals surface area contributed by atoms with E-state index in [1.807, 2.05) is 6.92 Å². The average molecular weight is 370 g/mol. The zero-order chi connectivity index (χ0) is 16.0. The monoisotopic (exact) mass is 369 g/mol. The molecule has 1 aromatic heterocycles. The van der Waals surface area contributed by atoms with E-state index in [1.54, 1.807) is 0 Å². The molecule has 1 rings (SSSR count). The summed E-state index contributed by atoms with van der Waals surface area (Å²) in [5, 5.41) is 6.35. The summed E-state index contributed by atoms with van der Waals surface area (Å²) in [6.07, 6.45) is -3.34. The maximum absolute atomic E-state index is 12.3. The third-order valence-electron chi connectivity index (χ3n) is 2.22. The summed E-state index contributed by atoms with van der Waals surface area (Å²) in [6, 6.07) is 0. The van der Waals surface area contributed by atoms with E-state index in [-0.39, 0.29) is 4.47 Å². The molecular weight excluding hydrogens is 355 g/mol. The number of halogens is 4. The molecule has 0 aliphatic heterocycles. The summed E-state index contributed by atoms with van der Waals surface area (Å²) < 4.78 is 42.4. The van der Waals surface area contributed by atoms with Crippen molar-refractivity contribution in [2.24, 2.45) is 0 Å². The predicted molar refractivity (Wildman–Crippen MR) is 76.4 cm³/mol. The number of nitrogens with zero attached hydrogens (tertiary/aromatic N) is 2. The first-order valence-electron chi connectivity index (χ1n) is 5.99. The molecule has 0 atom stereocenters. The first-order valence-corrected chi connectivity index (χ1v) is 6.78. The Kier molecular flexibility index (Phi) is 6.41. The molecule has 0 fully saturated rings. The molecule has 1 aromatic rings. The van der Waals surface area contributed by atoms with E-state index in [4.69, 9.17) is 4.74 Å². The van der Waals surface area contributed by atoms with Gasteiger partial charge in [-0.05, 0) is 22.9 Å². The lowest BCUT2D eigenvalue weighted by atomic mass is 10.4. The van der Waals surface area contributed by atoms with Crippen LogP contribution >= 0.6 is 15.9 Å². The van der Waals surface area contributed by atoms with Gasteiger partial charge < -0.3 is 10.1 Å². The van der Waals surface area contributed by atoms with Gasteiger partial charge in [0.1, 0.15) is 11.0 Å². The van der Waals surface area contributed by atoms with Crippen molar-refractivity contribution in [3.63, 3.8) is 0 Å². The fraction of sp³-hybridized carbons (Fsp3) is 0.500. The smallest absolute Gasteiger partial charge is 0.380 e. The van der Waals surface area contributed by atoms with Gasteiger partial charge in [0.15, 0.2) is 0 Å². The third-order valence-corrected chi connectivity index (χ3v) is 2.99. The summed E-state index contributed by atoms with van der Waals surface area (Å²) in [6.45, 7) is 5.26. The van der Waals surface area contributed by atoms with Crippen LogP contribution in [0.3, 0.4) is 0 Å². The molecule has 0 aliphatic carbocycles.